The molecule has 2 aliphatic heterocycles. The standard InChI is InChI=1S/C27H38N8O5/c1-27(2,29)24(38)34-14-13-33(17-21(34)15-23(36)37)25(39)30-22-9-12-35(26(40)31-22)20-5-3-18(4-6-20)16-32-10-7-19(28)8-11-32/h3-6,9,12,19,21H,7-8,10-11,13-17,28-29H2,1-2H3,(H,36,37)(H,30,31,39,40). The molecule has 13 nitrogen and oxygen atoms in total. The number of aromatic nitrogens is 2. The lowest BCUT2D eigenvalue weighted by molar-refractivity contribution is -0.145. The number of carbonyl (C=O) groups is 3. The van der Waals surface area contributed by atoms with Crippen molar-refractivity contribution in [2.45, 2.75) is 57.3 Å². The average Bonchev–Trinajstić information content (AvgIpc) is 2.89. The van der Waals surface area contributed by atoms with E-state index < -0.39 is 29.3 Å². The predicted molar refractivity (Wildman–Crippen MR) is 149 cm³/mol. The first-order chi connectivity index (χ1) is 18.9. The molecule has 0 radical (unpaired) electrons. The second-order valence-corrected chi connectivity index (χ2v) is 11.1. The number of amides is 3. The summed E-state index contributed by atoms with van der Waals surface area (Å²) in [6, 6.07) is 8.22. The molecule has 6 N–H and O–H groups in total. The molecule has 1 atom stereocenters. The van der Waals surface area contributed by atoms with E-state index in [1.54, 1.807) is 20.0 Å². The Balaban J connectivity index is 1.38. The summed E-state index contributed by atoms with van der Waals surface area (Å²) >= 11 is 0. The summed E-state index contributed by atoms with van der Waals surface area (Å²) in [5.74, 6) is -1.40. The summed E-state index contributed by atoms with van der Waals surface area (Å²) in [4.78, 5) is 59.0. The van der Waals surface area contributed by atoms with Crippen LogP contribution in [0.1, 0.15) is 38.7 Å². The second-order valence-electron chi connectivity index (χ2n) is 11.1. The number of likely N-dealkylation sites (tertiary alicyclic amines) is 1. The molecule has 1 aromatic heterocycles. The van der Waals surface area contributed by atoms with Gasteiger partial charge in [-0.1, -0.05) is 12.1 Å². The molecule has 2 aliphatic rings. The van der Waals surface area contributed by atoms with Crippen LogP contribution in [0.3, 0.4) is 0 Å². The number of nitrogens with two attached hydrogens (primary N) is 2. The maximum Gasteiger partial charge on any atom is 0.354 e. The van der Waals surface area contributed by atoms with Gasteiger partial charge in [-0.05, 0) is 63.5 Å². The number of aliphatic carboxylic acids is 1. The molecular weight excluding hydrogens is 516 g/mol. The average molecular weight is 555 g/mol. The van der Waals surface area contributed by atoms with Crippen molar-refractivity contribution in [3.8, 4) is 5.69 Å². The Hall–Kier alpha value is -3.81. The van der Waals surface area contributed by atoms with E-state index >= 15 is 0 Å². The third-order valence-corrected chi connectivity index (χ3v) is 7.28. The quantitative estimate of drug-likeness (QED) is 0.377. The maximum absolute atomic E-state index is 12.9. The van der Waals surface area contributed by atoms with E-state index in [0.717, 1.165) is 38.0 Å². The minimum Gasteiger partial charge on any atom is -0.481 e. The molecule has 0 aliphatic carbocycles. The zero-order valence-electron chi connectivity index (χ0n) is 23.0. The van der Waals surface area contributed by atoms with Gasteiger partial charge in [-0.2, -0.15) is 4.98 Å². The third-order valence-electron chi connectivity index (χ3n) is 7.28. The lowest BCUT2D eigenvalue weighted by Gasteiger charge is -2.43. The molecule has 1 unspecified atom stereocenters. The lowest BCUT2D eigenvalue weighted by Crippen LogP contribution is -2.62. The Kier molecular flexibility index (Phi) is 8.86. The van der Waals surface area contributed by atoms with E-state index in [0.29, 0.717) is 5.69 Å². The molecule has 0 saturated carbocycles. The van der Waals surface area contributed by atoms with E-state index in [1.807, 2.05) is 24.3 Å². The molecule has 4 rings (SSSR count). The number of hydrogen-bond donors (Lipinski definition) is 4. The fourth-order valence-corrected chi connectivity index (χ4v) is 5.04. The van der Waals surface area contributed by atoms with Gasteiger partial charge in [-0.15, -0.1) is 0 Å². The number of carboxylic acid groups (broad SMARTS) is 1. The Bertz CT molecular complexity index is 1280. The van der Waals surface area contributed by atoms with Gasteiger partial charge in [-0.3, -0.25) is 24.4 Å². The van der Waals surface area contributed by atoms with Crippen LogP contribution in [0.15, 0.2) is 41.3 Å². The third kappa shape index (κ3) is 7.23. The molecule has 3 amide bonds. The Labute approximate surface area is 232 Å². The van der Waals surface area contributed by atoms with E-state index in [-0.39, 0.29) is 43.8 Å². The van der Waals surface area contributed by atoms with Crippen LogP contribution >= 0.6 is 0 Å². The fraction of sp³-hybridized carbons (Fsp3) is 0.519. The molecule has 40 heavy (non-hydrogen) atoms. The van der Waals surface area contributed by atoms with Gasteiger partial charge in [0, 0.05) is 38.4 Å². The maximum atomic E-state index is 12.9. The van der Waals surface area contributed by atoms with Crippen LogP contribution in [0, 0.1) is 0 Å². The first-order valence-corrected chi connectivity index (χ1v) is 13.5. The highest BCUT2D eigenvalue weighted by Crippen LogP contribution is 2.19. The highest BCUT2D eigenvalue weighted by Gasteiger charge is 2.38. The molecule has 2 fully saturated rings. The number of urea groups is 1. The van der Waals surface area contributed by atoms with E-state index in [4.69, 9.17) is 11.5 Å². The predicted octanol–water partition coefficient (Wildman–Crippen LogP) is 0.412. The molecule has 3 heterocycles. The summed E-state index contributed by atoms with van der Waals surface area (Å²) in [5.41, 5.74) is 12.0. The molecule has 2 saturated heterocycles. The number of nitrogens with zero attached hydrogens (tertiary/aromatic N) is 5. The molecule has 216 valence electrons. The van der Waals surface area contributed by atoms with Gasteiger partial charge < -0.3 is 26.4 Å². The smallest absolute Gasteiger partial charge is 0.354 e. The Morgan fingerprint density at radius 1 is 1.07 bits per heavy atom. The monoisotopic (exact) mass is 554 g/mol. The van der Waals surface area contributed by atoms with Gasteiger partial charge in [0.1, 0.15) is 5.82 Å². The Morgan fingerprint density at radius 2 is 1.75 bits per heavy atom. The largest absolute Gasteiger partial charge is 0.481 e. The normalized spacial score (nSPS) is 18.9. The van der Waals surface area contributed by atoms with Crippen molar-refractivity contribution in [3.63, 3.8) is 0 Å². The second kappa shape index (κ2) is 12.1. The molecule has 0 bridgehead atoms. The van der Waals surface area contributed by atoms with Gasteiger partial charge in [-0.25, -0.2) is 9.59 Å². The molecule has 13 heteroatoms. The number of rotatable bonds is 7. The highest BCUT2D eigenvalue weighted by molar-refractivity contribution is 5.89. The molecule has 2 aromatic rings. The van der Waals surface area contributed by atoms with Crippen LogP contribution in [-0.4, -0.2) is 97.6 Å². The number of piperidine rings is 1. The summed E-state index contributed by atoms with van der Waals surface area (Å²) in [7, 11) is 0. The van der Waals surface area contributed by atoms with Crippen molar-refractivity contribution < 1.29 is 19.5 Å². The number of piperazine rings is 1. The van der Waals surface area contributed by atoms with Crippen LogP contribution < -0.4 is 22.5 Å². The minimum atomic E-state index is -1.17. The van der Waals surface area contributed by atoms with Crippen molar-refractivity contribution in [2.24, 2.45) is 11.5 Å². The van der Waals surface area contributed by atoms with Gasteiger partial charge in [0.25, 0.3) is 0 Å². The van der Waals surface area contributed by atoms with Crippen LogP contribution in [0.2, 0.25) is 0 Å². The van der Waals surface area contributed by atoms with Gasteiger partial charge in [0.05, 0.1) is 23.7 Å². The van der Waals surface area contributed by atoms with Crippen LogP contribution in [0.4, 0.5) is 10.6 Å². The van der Waals surface area contributed by atoms with Crippen LogP contribution in [0.25, 0.3) is 5.69 Å². The highest BCUT2D eigenvalue weighted by atomic mass is 16.4. The summed E-state index contributed by atoms with van der Waals surface area (Å²) < 4.78 is 1.39. The van der Waals surface area contributed by atoms with Gasteiger partial charge in [0.2, 0.25) is 5.91 Å². The van der Waals surface area contributed by atoms with Crippen molar-refractivity contribution in [1.82, 2.24) is 24.3 Å². The zero-order chi connectivity index (χ0) is 29.0. The van der Waals surface area contributed by atoms with Gasteiger partial charge >= 0.3 is 17.7 Å². The number of hydrogen-bond acceptors (Lipinski definition) is 8. The zero-order valence-corrected chi connectivity index (χ0v) is 23.0. The Morgan fingerprint density at radius 3 is 2.35 bits per heavy atom. The number of benzene rings is 1. The van der Waals surface area contributed by atoms with Crippen molar-refractivity contribution >= 4 is 23.7 Å². The minimum absolute atomic E-state index is 0.00754. The van der Waals surface area contributed by atoms with Crippen LogP contribution in [-0.2, 0) is 16.1 Å². The van der Waals surface area contributed by atoms with E-state index in [9.17, 15) is 24.3 Å². The number of anilines is 1. The first kappa shape index (κ1) is 29.2. The molecular formula is C27H38N8O5. The summed E-state index contributed by atoms with van der Waals surface area (Å²) in [5, 5.41) is 11.9. The number of carbonyl (C=O) groups excluding carboxylic acids is 2. The molecule has 0 spiro atoms. The number of nitrogens with one attached hydrogen (secondary N) is 1. The number of carboxylic acids is 1. The molecule has 1 aromatic carbocycles. The van der Waals surface area contributed by atoms with Crippen LogP contribution in [0.5, 0.6) is 0 Å². The first-order valence-electron chi connectivity index (χ1n) is 13.5. The summed E-state index contributed by atoms with van der Waals surface area (Å²) in [6.07, 6.45) is 3.20. The van der Waals surface area contributed by atoms with Crippen molar-refractivity contribution in [1.29, 1.82) is 0 Å². The van der Waals surface area contributed by atoms with E-state index in [2.05, 4.69) is 15.2 Å². The lowest BCUT2D eigenvalue weighted by atomic mass is 10.0. The topological polar surface area (TPSA) is 180 Å². The van der Waals surface area contributed by atoms with Crippen molar-refractivity contribution in [2.75, 3.05) is 38.0 Å². The summed E-state index contributed by atoms with van der Waals surface area (Å²) in [6.45, 7) is 6.21. The fourth-order valence-electron chi connectivity index (χ4n) is 5.04. The van der Waals surface area contributed by atoms with E-state index in [1.165, 1.54) is 20.4 Å². The van der Waals surface area contributed by atoms with Gasteiger partial charge in [0.15, 0.2) is 0 Å². The van der Waals surface area contributed by atoms with Crippen molar-refractivity contribution in [3.05, 3.63) is 52.6 Å². The SMILES string of the molecule is CC(C)(N)C(=O)N1CCN(C(=O)Nc2ccn(-c3ccc(CN4CCC(N)CC4)cc3)c(=O)n2)CC1CC(=O)O.